The molecule has 5 nitrogen and oxygen atoms in total. The average molecular weight is 291 g/mol. The fourth-order valence-corrected chi connectivity index (χ4v) is 2.83. The number of nitrogens with zero attached hydrogens (tertiary/aromatic N) is 2. The molecule has 0 saturated carbocycles. The molecule has 0 aromatic carbocycles. The third-order valence-corrected chi connectivity index (χ3v) is 4.10. The molecule has 5 heteroatoms. The highest BCUT2D eigenvalue weighted by molar-refractivity contribution is 5.83. The maximum Gasteiger partial charge on any atom is 0.224 e. The quantitative estimate of drug-likeness (QED) is 0.860. The number of hydrogen-bond acceptors (Lipinski definition) is 2. The number of carbonyl (C=O) groups excluding carboxylic acids is 2. The van der Waals surface area contributed by atoms with Crippen LogP contribution in [0, 0.1) is 5.92 Å². The fraction of sp³-hybridized carbons (Fsp3) is 0.625. The summed E-state index contributed by atoms with van der Waals surface area (Å²) < 4.78 is 2.06. The molecule has 0 spiro atoms. The molecular weight excluding hydrogens is 266 g/mol. The lowest BCUT2D eigenvalue weighted by Gasteiger charge is -2.31. The minimum absolute atomic E-state index is 0.0531. The summed E-state index contributed by atoms with van der Waals surface area (Å²) in [6, 6.07) is 4.07. The lowest BCUT2D eigenvalue weighted by Crippen LogP contribution is -2.46. The third-order valence-electron chi connectivity index (χ3n) is 4.10. The minimum Gasteiger partial charge on any atom is -0.355 e. The Balaban J connectivity index is 1.78. The van der Waals surface area contributed by atoms with Crippen LogP contribution in [0.25, 0.3) is 0 Å². The van der Waals surface area contributed by atoms with Gasteiger partial charge in [0.15, 0.2) is 0 Å². The number of aromatic nitrogens is 1. The lowest BCUT2D eigenvalue weighted by molar-refractivity contribution is -0.138. The van der Waals surface area contributed by atoms with Crippen molar-refractivity contribution in [3.63, 3.8) is 0 Å². The van der Waals surface area contributed by atoms with E-state index in [-0.39, 0.29) is 17.7 Å². The molecule has 116 valence electrons. The first-order valence-electron chi connectivity index (χ1n) is 7.77. The molecular formula is C16H25N3O2. The molecule has 1 saturated heterocycles. The Hall–Kier alpha value is -1.78. The number of likely N-dealkylation sites (tertiary alicyclic amines) is 1. The van der Waals surface area contributed by atoms with Crippen molar-refractivity contribution in [2.45, 2.75) is 32.6 Å². The van der Waals surface area contributed by atoms with Crippen LogP contribution in [0.15, 0.2) is 18.3 Å². The first-order chi connectivity index (χ1) is 10.1. The summed E-state index contributed by atoms with van der Waals surface area (Å²) >= 11 is 0. The van der Waals surface area contributed by atoms with Crippen molar-refractivity contribution in [2.24, 2.45) is 13.0 Å². The molecule has 2 heterocycles. The predicted molar refractivity (Wildman–Crippen MR) is 81.7 cm³/mol. The molecule has 1 fully saturated rings. The van der Waals surface area contributed by atoms with Crippen LogP contribution in [0.5, 0.6) is 0 Å². The molecule has 2 rings (SSSR count). The second-order valence-corrected chi connectivity index (χ2v) is 5.73. The normalized spacial score (nSPS) is 18.9. The summed E-state index contributed by atoms with van der Waals surface area (Å²) in [5.41, 5.74) is 1.21. The molecule has 2 amide bonds. The van der Waals surface area contributed by atoms with Crippen LogP contribution in [-0.4, -0.2) is 40.9 Å². The van der Waals surface area contributed by atoms with Crippen molar-refractivity contribution in [2.75, 3.05) is 19.6 Å². The molecule has 1 aromatic heterocycles. The van der Waals surface area contributed by atoms with Crippen LogP contribution in [0.4, 0.5) is 0 Å². The Morgan fingerprint density at radius 3 is 2.95 bits per heavy atom. The average Bonchev–Trinajstić information content (AvgIpc) is 2.87. The second kappa shape index (κ2) is 7.29. The van der Waals surface area contributed by atoms with E-state index < -0.39 is 0 Å². The molecule has 21 heavy (non-hydrogen) atoms. The topological polar surface area (TPSA) is 54.3 Å². The van der Waals surface area contributed by atoms with E-state index in [2.05, 4.69) is 22.9 Å². The number of nitrogens with one attached hydrogen (secondary N) is 1. The van der Waals surface area contributed by atoms with Gasteiger partial charge >= 0.3 is 0 Å². The maximum absolute atomic E-state index is 12.2. The zero-order valence-corrected chi connectivity index (χ0v) is 13.0. The standard InChI is InChI=1S/C16H25N3O2/c1-3-10-19-12-13(6-7-15(19)20)16(21)17-9-8-14-5-4-11-18(14)2/h4-5,11,13H,3,6-10,12H2,1-2H3,(H,17,21)/t13-/m0/s1. The highest BCUT2D eigenvalue weighted by Gasteiger charge is 2.29. The van der Waals surface area contributed by atoms with Crippen molar-refractivity contribution < 1.29 is 9.59 Å². The number of carbonyl (C=O) groups is 2. The maximum atomic E-state index is 12.2. The Bertz CT molecular complexity index is 495. The Morgan fingerprint density at radius 1 is 1.48 bits per heavy atom. The van der Waals surface area contributed by atoms with Crippen LogP contribution in [0.3, 0.4) is 0 Å². The SMILES string of the molecule is CCCN1C[C@@H](C(=O)NCCc2cccn2C)CCC1=O. The first-order valence-corrected chi connectivity index (χ1v) is 7.77. The second-order valence-electron chi connectivity index (χ2n) is 5.73. The summed E-state index contributed by atoms with van der Waals surface area (Å²) in [6.45, 7) is 4.03. The van der Waals surface area contributed by atoms with Gasteiger partial charge in [-0.25, -0.2) is 0 Å². The number of piperidine rings is 1. The van der Waals surface area contributed by atoms with Gasteiger partial charge in [0.05, 0.1) is 5.92 Å². The van der Waals surface area contributed by atoms with Crippen molar-refractivity contribution in [3.05, 3.63) is 24.0 Å². The number of aryl methyl sites for hydroxylation is 1. The summed E-state index contributed by atoms with van der Waals surface area (Å²) in [6.07, 6.45) is 4.95. The van der Waals surface area contributed by atoms with Crippen LogP contribution >= 0.6 is 0 Å². The summed E-state index contributed by atoms with van der Waals surface area (Å²) in [5.74, 6) is 0.213. The van der Waals surface area contributed by atoms with Crippen LogP contribution in [0.2, 0.25) is 0 Å². The van der Waals surface area contributed by atoms with E-state index in [1.54, 1.807) is 0 Å². The molecule has 1 aromatic rings. The monoisotopic (exact) mass is 291 g/mol. The smallest absolute Gasteiger partial charge is 0.224 e. The largest absolute Gasteiger partial charge is 0.355 e. The summed E-state index contributed by atoms with van der Waals surface area (Å²) in [7, 11) is 2.01. The fourth-order valence-electron chi connectivity index (χ4n) is 2.83. The van der Waals surface area contributed by atoms with E-state index in [1.807, 2.05) is 24.2 Å². The highest BCUT2D eigenvalue weighted by Crippen LogP contribution is 2.18. The molecule has 0 unspecified atom stereocenters. The van der Waals surface area contributed by atoms with Crippen molar-refractivity contribution in [1.82, 2.24) is 14.8 Å². The number of rotatable bonds is 6. The Labute approximate surface area is 126 Å². The molecule has 1 N–H and O–H groups in total. The Kier molecular flexibility index (Phi) is 5.42. The molecule has 0 radical (unpaired) electrons. The van der Waals surface area contributed by atoms with Crippen molar-refractivity contribution in [3.8, 4) is 0 Å². The third kappa shape index (κ3) is 4.09. The van der Waals surface area contributed by atoms with E-state index in [9.17, 15) is 9.59 Å². The molecule has 1 atom stereocenters. The van der Waals surface area contributed by atoms with Gasteiger partial charge in [-0.3, -0.25) is 9.59 Å². The summed E-state index contributed by atoms with van der Waals surface area (Å²) in [5, 5.41) is 3.01. The van der Waals surface area contributed by atoms with Gasteiger partial charge < -0.3 is 14.8 Å². The summed E-state index contributed by atoms with van der Waals surface area (Å²) in [4.78, 5) is 25.8. The zero-order valence-electron chi connectivity index (χ0n) is 13.0. The van der Waals surface area contributed by atoms with Crippen molar-refractivity contribution in [1.29, 1.82) is 0 Å². The van der Waals surface area contributed by atoms with E-state index in [4.69, 9.17) is 0 Å². The van der Waals surface area contributed by atoms with Crippen LogP contribution in [0.1, 0.15) is 31.9 Å². The van der Waals surface area contributed by atoms with Gasteiger partial charge in [0, 0.05) is 51.4 Å². The van der Waals surface area contributed by atoms with E-state index in [1.165, 1.54) is 5.69 Å². The predicted octanol–water partition coefficient (Wildman–Crippen LogP) is 1.33. The van der Waals surface area contributed by atoms with Gasteiger partial charge in [0.25, 0.3) is 0 Å². The zero-order chi connectivity index (χ0) is 15.2. The van der Waals surface area contributed by atoms with Crippen molar-refractivity contribution >= 4 is 11.8 Å². The van der Waals surface area contributed by atoms with Gasteiger partial charge in [-0.2, -0.15) is 0 Å². The first kappa shape index (κ1) is 15.6. The van der Waals surface area contributed by atoms with Crippen LogP contribution in [-0.2, 0) is 23.1 Å². The van der Waals surface area contributed by atoms with Gasteiger partial charge in [0.1, 0.15) is 0 Å². The molecule has 1 aliphatic rings. The van der Waals surface area contributed by atoms with E-state index in [0.29, 0.717) is 25.9 Å². The molecule has 1 aliphatic heterocycles. The van der Waals surface area contributed by atoms with Gasteiger partial charge in [-0.05, 0) is 25.0 Å². The molecule has 0 aliphatic carbocycles. The number of amides is 2. The minimum atomic E-state index is -0.0531. The molecule has 0 bridgehead atoms. The van der Waals surface area contributed by atoms with E-state index in [0.717, 1.165) is 19.4 Å². The highest BCUT2D eigenvalue weighted by atomic mass is 16.2. The van der Waals surface area contributed by atoms with Gasteiger partial charge in [-0.15, -0.1) is 0 Å². The van der Waals surface area contributed by atoms with Gasteiger partial charge in [0.2, 0.25) is 11.8 Å². The lowest BCUT2D eigenvalue weighted by atomic mass is 9.96. The number of hydrogen-bond donors (Lipinski definition) is 1. The Morgan fingerprint density at radius 2 is 2.29 bits per heavy atom. The van der Waals surface area contributed by atoms with Crippen LogP contribution < -0.4 is 5.32 Å². The van der Waals surface area contributed by atoms with Gasteiger partial charge in [-0.1, -0.05) is 6.92 Å². The van der Waals surface area contributed by atoms with E-state index >= 15 is 0 Å².